The lowest BCUT2D eigenvalue weighted by Crippen LogP contribution is -2.24. The van der Waals surface area contributed by atoms with Crippen LogP contribution in [0.5, 0.6) is 0 Å². The molecule has 2 N–H and O–H groups in total. The van der Waals surface area contributed by atoms with Crippen LogP contribution in [0.3, 0.4) is 0 Å². The largest absolute Gasteiger partial charge is 0.324 e. The molecule has 0 aliphatic heterocycles. The first-order valence-corrected chi connectivity index (χ1v) is 6.76. The Bertz CT molecular complexity index is 405. The minimum absolute atomic E-state index is 0. The highest BCUT2D eigenvalue weighted by Gasteiger charge is 2.26. The maximum absolute atomic E-state index is 13.8. The molecule has 0 bridgehead atoms. The van der Waals surface area contributed by atoms with Gasteiger partial charge < -0.3 is 5.73 Å². The number of halogens is 4. The predicted molar refractivity (Wildman–Crippen MR) is 77.2 cm³/mol. The highest BCUT2D eigenvalue weighted by molar-refractivity contribution is 6.42. The molecule has 0 heterocycles. The van der Waals surface area contributed by atoms with Crippen LogP contribution in [0.15, 0.2) is 12.1 Å². The molecule has 1 nitrogen and oxygen atoms in total. The van der Waals surface area contributed by atoms with E-state index in [4.69, 9.17) is 28.9 Å². The van der Waals surface area contributed by atoms with E-state index >= 15 is 0 Å². The van der Waals surface area contributed by atoms with Crippen LogP contribution >= 0.6 is 35.6 Å². The molecule has 5 heteroatoms. The summed E-state index contributed by atoms with van der Waals surface area (Å²) in [6.07, 6.45) is 5.66. The van der Waals surface area contributed by atoms with Crippen molar-refractivity contribution in [3.63, 3.8) is 0 Å². The minimum atomic E-state index is -0.350. The average Bonchev–Trinajstić information content (AvgIpc) is 2.35. The standard InChI is InChI=1S/C13H16Cl2FN.ClH/c14-9-6-7-10(16)11(12(9)15)13(17)8-4-2-1-3-5-8;/h6-8,13H,1-5,17H2;1H/t13-;/m1./s1. The summed E-state index contributed by atoms with van der Waals surface area (Å²) >= 11 is 12.0. The summed E-state index contributed by atoms with van der Waals surface area (Å²) in [5.74, 6) is -0.0355. The number of benzene rings is 1. The van der Waals surface area contributed by atoms with Crippen LogP contribution in [-0.2, 0) is 0 Å². The van der Waals surface area contributed by atoms with Crippen molar-refractivity contribution in [3.8, 4) is 0 Å². The second-order valence-electron chi connectivity index (χ2n) is 4.68. The zero-order chi connectivity index (χ0) is 12.4. The Kier molecular flexibility index (Phi) is 6.19. The molecule has 1 atom stereocenters. The molecule has 1 aliphatic carbocycles. The molecule has 0 unspecified atom stereocenters. The molecule has 0 saturated heterocycles. The Morgan fingerprint density at radius 1 is 1.17 bits per heavy atom. The third-order valence-corrected chi connectivity index (χ3v) is 4.39. The Balaban J connectivity index is 0.00000162. The van der Waals surface area contributed by atoms with Crippen LogP contribution in [0.25, 0.3) is 0 Å². The first-order valence-electron chi connectivity index (χ1n) is 6.00. The fraction of sp³-hybridized carbons (Fsp3) is 0.538. The van der Waals surface area contributed by atoms with Crippen molar-refractivity contribution in [2.75, 3.05) is 0 Å². The van der Waals surface area contributed by atoms with E-state index in [1.165, 1.54) is 18.6 Å². The third kappa shape index (κ3) is 3.30. The molecule has 1 fully saturated rings. The van der Waals surface area contributed by atoms with Gasteiger partial charge in [0.15, 0.2) is 0 Å². The van der Waals surface area contributed by atoms with Gasteiger partial charge in [-0.3, -0.25) is 0 Å². The van der Waals surface area contributed by atoms with E-state index in [1.54, 1.807) is 0 Å². The normalized spacial score (nSPS) is 18.2. The van der Waals surface area contributed by atoms with Gasteiger partial charge in [-0.15, -0.1) is 12.4 Å². The Hall–Kier alpha value is -0.0200. The van der Waals surface area contributed by atoms with Gasteiger partial charge in [-0.25, -0.2) is 4.39 Å². The Labute approximate surface area is 123 Å². The predicted octanol–water partition coefficient (Wildman–Crippen LogP) is 5.13. The second-order valence-corrected chi connectivity index (χ2v) is 5.47. The summed E-state index contributed by atoms with van der Waals surface area (Å²) < 4.78 is 13.8. The fourth-order valence-corrected chi connectivity index (χ4v) is 3.02. The van der Waals surface area contributed by atoms with Gasteiger partial charge in [0.1, 0.15) is 5.82 Å². The topological polar surface area (TPSA) is 26.0 Å². The van der Waals surface area contributed by atoms with Crippen LogP contribution < -0.4 is 5.73 Å². The van der Waals surface area contributed by atoms with Gasteiger partial charge in [0.25, 0.3) is 0 Å². The quantitative estimate of drug-likeness (QED) is 0.752. The van der Waals surface area contributed by atoms with Crippen LogP contribution in [0.2, 0.25) is 10.0 Å². The lowest BCUT2D eigenvalue weighted by Gasteiger charge is -2.28. The van der Waals surface area contributed by atoms with Crippen LogP contribution in [0.4, 0.5) is 4.39 Å². The van der Waals surface area contributed by atoms with E-state index in [0.717, 1.165) is 25.7 Å². The molecule has 2 rings (SSSR count). The van der Waals surface area contributed by atoms with E-state index in [0.29, 0.717) is 16.5 Å². The van der Waals surface area contributed by atoms with Crippen LogP contribution in [0.1, 0.15) is 43.7 Å². The van der Waals surface area contributed by atoms with Crippen molar-refractivity contribution in [2.45, 2.75) is 38.1 Å². The maximum Gasteiger partial charge on any atom is 0.129 e. The molecular weight excluding hydrogens is 296 g/mol. The van der Waals surface area contributed by atoms with Crippen molar-refractivity contribution in [1.82, 2.24) is 0 Å². The smallest absolute Gasteiger partial charge is 0.129 e. The molecule has 1 saturated carbocycles. The zero-order valence-electron chi connectivity index (χ0n) is 9.96. The molecule has 1 aromatic rings. The summed E-state index contributed by atoms with van der Waals surface area (Å²) in [6, 6.07) is 2.46. The highest BCUT2D eigenvalue weighted by atomic mass is 35.5. The molecule has 1 aliphatic rings. The lowest BCUT2D eigenvalue weighted by molar-refractivity contribution is 0.303. The van der Waals surface area contributed by atoms with Crippen LogP contribution in [-0.4, -0.2) is 0 Å². The fourth-order valence-electron chi connectivity index (χ4n) is 2.58. The summed E-state index contributed by atoms with van der Waals surface area (Å²) in [7, 11) is 0. The third-order valence-electron chi connectivity index (χ3n) is 3.57. The van der Waals surface area contributed by atoms with E-state index in [1.807, 2.05) is 0 Å². The number of hydrogen-bond acceptors (Lipinski definition) is 1. The van der Waals surface area contributed by atoms with Crippen molar-refractivity contribution in [3.05, 3.63) is 33.6 Å². The van der Waals surface area contributed by atoms with Crippen molar-refractivity contribution in [1.29, 1.82) is 0 Å². The summed E-state index contributed by atoms with van der Waals surface area (Å²) in [5, 5.41) is 0.638. The number of rotatable bonds is 2. The molecule has 0 radical (unpaired) electrons. The monoisotopic (exact) mass is 311 g/mol. The van der Waals surface area contributed by atoms with E-state index < -0.39 is 0 Å². The number of hydrogen-bond donors (Lipinski definition) is 1. The van der Waals surface area contributed by atoms with Crippen molar-refractivity contribution < 1.29 is 4.39 Å². The van der Waals surface area contributed by atoms with Gasteiger partial charge in [0.2, 0.25) is 0 Å². The summed E-state index contributed by atoms with van der Waals surface area (Å²) in [5.41, 5.74) is 6.54. The van der Waals surface area contributed by atoms with Gasteiger partial charge in [-0.2, -0.15) is 0 Å². The van der Waals surface area contributed by atoms with Crippen molar-refractivity contribution in [2.24, 2.45) is 11.7 Å². The molecule has 18 heavy (non-hydrogen) atoms. The molecule has 1 aromatic carbocycles. The van der Waals surface area contributed by atoms with Gasteiger partial charge >= 0.3 is 0 Å². The molecule has 0 aromatic heterocycles. The van der Waals surface area contributed by atoms with Gasteiger partial charge in [-0.1, -0.05) is 42.5 Å². The second kappa shape index (κ2) is 6.95. The van der Waals surface area contributed by atoms with Crippen LogP contribution in [0, 0.1) is 11.7 Å². The Morgan fingerprint density at radius 2 is 1.78 bits per heavy atom. The molecule has 0 spiro atoms. The van der Waals surface area contributed by atoms with Gasteiger partial charge in [0.05, 0.1) is 10.0 Å². The SMILES string of the molecule is Cl.N[C@@H](c1c(F)ccc(Cl)c1Cl)C1CCCCC1. The summed E-state index contributed by atoms with van der Waals surface area (Å²) in [6.45, 7) is 0. The van der Waals surface area contributed by atoms with E-state index in [-0.39, 0.29) is 29.3 Å². The van der Waals surface area contributed by atoms with Gasteiger partial charge in [0, 0.05) is 11.6 Å². The van der Waals surface area contributed by atoms with Crippen molar-refractivity contribution >= 4 is 35.6 Å². The lowest BCUT2D eigenvalue weighted by atomic mass is 9.81. The first-order chi connectivity index (χ1) is 8.11. The zero-order valence-corrected chi connectivity index (χ0v) is 12.3. The Morgan fingerprint density at radius 3 is 2.39 bits per heavy atom. The number of nitrogens with two attached hydrogens (primary N) is 1. The van der Waals surface area contributed by atoms with E-state index in [9.17, 15) is 4.39 Å². The first kappa shape index (κ1) is 16.0. The highest BCUT2D eigenvalue weighted by Crippen LogP contribution is 2.38. The molecule has 102 valence electrons. The molecule has 0 amide bonds. The minimum Gasteiger partial charge on any atom is -0.324 e. The average molecular weight is 313 g/mol. The van der Waals surface area contributed by atoms with E-state index in [2.05, 4.69) is 0 Å². The van der Waals surface area contributed by atoms with Gasteiger partial charge in [-0.05, 0) is 30.9 Å². The summed E-state index contributed by atoms with van der Waals surface area (Å²) in [4.78, 5) is 0. The molecular formula is C13H17Cl3FN. The maximum atomic E-state index is 13.8.